The Morgan fingerprint density at radius 1 is 1.36 bits per heavy atom. The van der Waals surface area contributed by atoms with Crippen LogP contribution < -0.4 is 0 Å². The van der Waals surface area contributed by atoms with Gasteiger partial charge >= 0.3 is 1.43 Å². The van der Waals surface area contributed by atoms with Crippen LogP contribution in [0.4, 0.5) is 0 Å². The smallest absolute Gasteiger partial charge is 0.504 e. The Balaban J connectivity index is 0.000000720. The van der Waals surface area contributed by atoms with Crippen molar-refractivity contribution in [2.24, 2.45) is 0 Å². The Bertz CT molecular complexity index is 386. The van der Waals surface area contributed by atoms with E-state index in [1.54, 1.807) is 12.4 Å². The van der Waals surface area contributed by atoms with Gasteiger partial charge in [-0.3, -0.25) is 9.97 Å². The average Bonchev–Trinajstić information content (AvgIpc) is 2.06. The van der Waals surface area contributed by atoms with Gasteiger partial charge in [-0.1, -0.05) is 0 Å². The van der Waals surface area contributed by atoms with Gasteiger partial charge in [-0.15, -0.1) is 0 Å². The lowest BCUT2D eigenvalue weighted by Crippen LogP contribution is -1.79. The Labute approximate surface area is 64.8 Å². The molecule has 0 aliphatic rings. The van der Waals surface area contributed by atoms with Gasteiger partial charge in [0, 0.05) is 17.8 Å². The third-order valence-corrected chi connectivity index (χ3v) is 1.49. The first kappa shape index (κ1) is 6.09. The van der Waals surface area contributed by atoms with Gasteiger partial charge in [0.15, 0.2) is 5.75 Å². The zero-order valence-electron chi connectivity index (χ0n) is 6.73. The van der Waals surface area contributed by atoms with Gasteiger partial charge < -0.3 is 5.11 Å². The van der Waals surface area contributed by atoms with Crippen LogP contribution in [0.3, 0.4) is 0 Å². The third-order valence-electron chi connectivity index (χ3n) is 1.49. The highest BCUT2D eigenvalue weighted by molar-refractivity contribution is 5.82. The minimum atomic E-state index is 0. The van der Waals surface area contributed by atoms with Crippen LogP contribution in [0, 0.1) is 0 Å². The Morgan fingerprint density at radius 3 is 3.09 bits per heavy atom. The van der Waals surface area contributed by atoms with Crippen molar-refractivity contribution in [3.63, 3.8) is 0 Å². The number of aromatic hydroxyl groups is 1. The van der Waals surface area contributed by atoms with Gasteiger partial charge in [-0.25, -0.2) is 0 Å². The van der Waals surface area contributed by atoms with E-state index in [1.807, 2.05) is 12.1 Å². The maximum atomic E-state index is 9.25. The molecule has 2 aromatic rings. The summed E-state index contributed by atoms with van der Waals surface area (Å²) >= 11 is 0. The predicted octanol–water partition coefficient (Wildman–Crippen LogP) is 1.45. The van der Waals surface area contributed by atoms with Crippen molar-refractivity contribution in [2.45, 2.75) is 0 Å². The zero-order valence-corrected chi connectivity index (χ0v) is 5.73. The lowest BCUT2D eigenvalue weighted by atomic mass is 10.3. The second kappa shape index (κ2) is 2.20. The minimum absolute atomic E-state index is 0. The van der Waals surface area contributed by atoms with Crippen molar-refractivity contribution in [1.82, 2.24) is 9.97 Å². The van der Waals surface area contributed by atoms with E-state index in [0.717, 1.165) is 5.39 Å². The molecular formula is C8H7N2O+. The van der Waals surface area contributed by atoms with Crippen molar-refractivity contribution in [3.8, 4) is 5.75 Å². The van der Waals surface area contributed by atoms with E-state index in [2.05, 4.69) is 9.97 Å². The van der Waals surface area contributed by atoms with Crippen molar-refractivity contribution < 1.29 is 6.53 Å². The fraction of sp³-hybridized carbons (Fsp3) is 0. The monoisotopic (exact) mass is 147 g/mol. The van der Waals surface area contributed by atoms with Crippen LogP contribution in [0.5, 0.6) is 5.75 Å². The van der Waals surface area contributed by atoms with Crippen molar-refractivity contribution in [2.75, 3.05) is 0 Å². The number of rotatable bonds is 0. The van der Waals surface area contributed by atoms with E-state index >= 15 is 0 Å². The van der Waals surface area contributed by atoms with Gasteiger partial charge in [-0.2, -0.15) is 0 Å². The maximum absolute atomic E-state index is 9.25. The van der Waals surface area contributed by atoms with E-state index in [0.29, 0.717) is 5.52 Å². The third kappa shape index (κ3) is 0.902. The fourth-order valence-corrected chi connectivity index (χ4v) is 0.985. The Kier molecular flexibility index (Phi) is 1.22. The summed E-state index contributed by atoms with van der Waals surface area (Å²) in [5.41, 5.74) is 0.600. The number of pyridine rings is 2. The van der Waals surface area contributed by atoms with E-state index < -0.39 is 0 Å². The molecule has 11 heavy (non-hydrogen) atoms. The number of aromatic nitrogens is 2. The average molecular weight is 147 g/mol. The molecular weight excluding hydrogens is 140 g/mol. The van der Waals surface area contributed by atoms with Gasteiger partial charge in [0.05, 0.1) is 6.20 Å². The van der Waals surface area contributed by atoms with E-state index in [9.17, 15) is 5.11 Å². The summed E-state index contributed by atoms with van der Waals surface area (Å²) in [5, 5.41) is 10.1. The second-order valence-corrected chi connectivity index (χ2v) is 2.23. The van der Waals surface area contributed by atoms with Gasteiger partial charge in [0.1, 0.15) is 5.52 Å². The molecule has 54 valence electrons. The molecule has 2 aromatic heterocycles. The topological polar surface area (TPSA) is 46.0 Å². The van der Waals surface area contributed by atoms with Gasteiger partial charge in [0.25, 0.3) is 0 Å². The Hall–Kier alpha value is -1.64. The molecule has 0 radical (unpaired) electrons. The molecule has 0 saturated carbocycles. The van der Waals surface area contributed by atoms with Crippen molar-refractivity contribution >= 4 is 10.9 Å². The summed E-state index contributed by atoms with van der Waals surface area (Å²) in [7, 11) is 0. The molecule has 3 nitrogen and oxygen atoms in total. The summed E-state index contributed by atoms with van der Waals surface area (Å²) in [6.45, 7) is 0. The molecule has 0 amide bonds. The predicted molar refractivity (Wildman–Crippen MR) is 42.3 cm³/mol. The number of hydrogen-bond donors (Lipinski definition) is 1. The first-order chi connectivity index (χ1) is 5.38. The van der Waals surface area contributed by atoms with Crippen LogP contribution in [0.1, 0.15) is 1.43 Å². The highest BCUT2D eigenvalue weighted by atomic mass is 16.3. The summed E-state index contributed by atoms with van der Waals surface area (Å²) < 4.78 is 0. The molecule has 0 atom stereocenters. The lowest BCUT2D eigenvalue weighted by Gasteiger charge is -1.95. The minimum Gasteiger partial charge on any atom is -0.504 e. The lowest BCUT2D eigenvalue weighted by molar-refractivity contribution is 0.478. The number of fused-ring (bicyclic) bond motifs is 1. The largest absolute Gasteiger partial charge is 1.00 e. The van der Waals surface area contributed by atoms with E-state index in [1.165, 1.54) is 6.20 Å². The van der Waals surface area contributed by atoms with Crippen molar-refractivity contribution in [1.29, 1.82) is 0 Å². The van der Waals surface area contributed by atoms with Crippen molar-refractivity contribution in [3.05, 3.63) is 30.7 Å². The normalized spacial score (nSPS) is 10.2. The van der Waals surface area contributed by atoms with E-state index in [-0.39, 0.29) is 7.18 Å². The molecule has 2 rings (SSSR count). The van der Waals surface area contributed by atoms with Crippen LogP contribution >= 0.6 is 0 Å². The first-order valence-electron chi connectivity index (χ1n) is 3.25. The van der Waals surface area contributed by atoms with Crippen LogP contribution in [-0.4, -0.2) is 15.1 Å². The maximum Gasteiger partial charge on any atom is 1.00 e. The number of hydrogen-bond acceptors (Lipinski definition) is 3. The standard InChI is InChI=1S/C8H6N2O/c11-7-5-9-4-6-2-1-3-10-8(6)7/h1-5,11H/p+1. The van der Waals surface area contributed by atoms with Crippen LogP contribution in [-0.2, 0) is 0 Å². The van der Waals surface area contributed by atoms with Crippen LogP contribution in [0.2, 0.25) is 0 Å². The molecule has 0 bridgehead atoms. The van der Waals surface area contributed by atoms with E-state index in [4.69, 9.17) is 0 Å². The molecule has 0 unspecified atom stereocenters. The zero-order chi connectivity index (χ0) is 7.68. The molecule has 0 saturated heterocycles. The van der Waals surface area contributed by atoms with Crippen LogP contribution in [0.15, 0.2) is 30.7 Å². The molecule has 0 spiro atoms. The van der Waals surface area contributed by atoms with Crippen LogP contribution in [0.25, 0.3) is 10.9 Å². The number of nitrogens with zero attached hydrogens (tertiary/aromatic N) is 2. The second-order valence-electron chi connectivity index (χ2n) is 2.23. The molecule has 0 aliphatic heterocycles. The molecule has 2 heterocycles. The summed E-state index contributed by atoms with van der Waals surface area (Å²) in [6.07, 6.45) is 4.69. The highest BCUT2D eigenvalue weighted by Gasteiger charge is 1.97. The summed E-state index contributed by atoms with van der Waals surface area (Å²) in [6, 6.07) is 3.67. The van der Waals surface area contributed by atoms with Gasteiger partial charge in [-0.05, 0) is 12.1 Å². The summed E-state index contributed by atoms with van der Waals surface area (Å²) in [5.74, 6) is 0.128. The van der Waals surface area contributed by atoms with Gasteiger partial charge in [0.2, 0.25) is 0 Å². The Morgan fingerprint density at radius 2 is 2.27 bits per heavy atom. The molecule has 3 heteroatoms. The first-order valence-corrected chi connectivity index (χ1v) is 3.25. The molecule has 1 N–H and O–H groups in total. The molecule has 0 aliphatic carbocycles. The highest BCUT2D eigenvalue weighted by Crippen LogP contribution is 2.18. The molecule has 0 aromatic carbocycles. The quantitative estimate of drug-likeness (QED) is 0.613. The summed E-state index contributed by atoms with van der Waals surface area (Å²) in [4.78, 5) is 7.81. The SMILES string of the molecule is Oc1cncc2cccnc12.[H+]. The fourth-order valence-electron chi connectivity index (χ4n) is 0.985. The molecule has 0 fully saturated rings.